The Morgan fingerprint density at radius 1 is 1.31 bits per heavy atom. The monoisotopic (exact) mass is 423 g/mol. The number of nitrogen functional groups attached to an aromatic ring is 1. The van der Waals surface area contributed by atoms with Gasteiger partial charge in [-0.2, -0.15) is 4.31 Å². The van der Waals surface area contributed by atoms with E-state index in [4.69, 9.17) is 16.2 Å². The van der Waals surface area contributed by atoms with Crippen LogP contribution < -0.4 is 16.8 Å². The largest absolute Gasteiger partial charge is 0.486 e. The maximum absolute atomic E-state index is 13.1. The van der Waals surface area contributed by atoms with Gasteiger partial charge in [0.25, 0.3) is 5.91 Å². The Morgan fingerprint density at radius 3 is 2.55 bits per heavy atom. The molecule has 1 saturated carbocycles. The lowest BCUT2D eigenvalue weighted by Gasteiger charge is -2.35. The smallest absolute Gasteiger partial charge is 0.292 e. The highest BCUT2D eigenvalue weighted by atomic mass is 32.2. The van der Waals surface area contributed by atoms with Crippen molar-refractivity contribution < 1.29 is 18.3 Å². The van der Waals surface area contributed by atoms with Gasteiger partial charge in [-0.15, -0.1) is 0 Å². The van der Waals surface area contributed by atoms with Crippen molar-refractivity contribution in [1.29, 1.82) is 0 Å². The molecular weight excluding hydrogens is 394 g/mol. The Labute approximate surface area is 173 Å². The average molecular weight is 424 g/mol. The summed E-state index contributed by atoms with van der Waals surface area (Å²) < 4.78 is 28.0. The van der Waals surface area contributed by atoms with Crippen molar-refractivity contribution in [3.05, 3.63) is 35.7 Å². The number of carbonyl (C=O) groups excluding carboxylic acids is 1. The first-order valence-electron chi connectivity index (χ1n) is 9.65. The third kappa shape index (κ3) is 5.69. The Hall–Kier alpha value is -2.14. The van der Waals surface area contributed by atoms with Crippen LogP contribution in [-0.4, -0.2) is 63.2 Å². The van der Waals surface area contributed by atoms with Crippen LogP contribution in [0.1, 0.15) is 19.8 Å². The van der Waals surface area contributed by atoms with E-state index in [0.29, 0.717) is 49.9 Å². The molecular formula is C19H29N5O4S. The van der Waals surface area contributed by atoms with Crippen molar-refractivity contribution in [3.8, 4) is 0 Å². The Morgan fingerprint density at radius 2 is 2.00 bits per heavy atom. The van der Waals surface area contributed by atoms with Crippen LogP contribution in [0.5, 0.6) is 0 Å². The molecule has 0 spiro atoms. The van der Waals surface area contributed by atoms with E-state index in [1.165, 1.54) is 4.31 Å². The maximum Gasteiger partial charge on any atom is 0.292 e. The summed E-state index contributed by atoms with van der Waals surface area (Å²) in [7, 11) is 0. The van der Waals surface area contributed by atoms with Crippen LogP contribution in [0.3, 0.4) is 0 Å². The first kappa shape index (κ1) is 21.6. The Kier molecular flexibility index (Phi) is 6.78. The third-order valence-corrected chi connectivity index (χ3v) is 6.12. The number of benzene rings is 1. The van der Waals surface area contributed by atoms with Crippen LogP contribution in [0.4, 0.5) is 11.4 Å². The standard InChI is InChI=1S/C19H29N5O4S/c1-19(5-6-19)13-28-17(18(25)22-15-4-2-3-14(21)11-15)16(12-20)23-7-9-24(10-8-23)29(26)27/h2-4,11H,5-10,12-13,20-21H2,1H3,(H,22,25)(H,26,27)/b17-16-. The number of anilines is 2. The molecule has 1 unspecified atom stereocenters. The Balaban J connectivity index is 1.81. The molecule has 9 nitrogen and oxygen atoms in total. The van der Waals surface area contributed by atoms with Gasteiger partial charge in [0.05, 0.1) is 12.3 Å². The lowest BCUT2D eigenvalue weighted by Crippen LogP contribution is -2.48. The van der Waals surface area contributed by atoms with Gasteiger partial charge in [0, 0.05) is 49.5 Å². The molecule has 3 rings (SSSR count). The van der Waals surface area contributed by atoms with E-state index in [1.807, 2.05) is 4.90 Å². The predicted octanol–water partition coefficient (Wildman–Crippen LogP) is 0.949. The summed E-state index contributed by atoms with van der Waals surface area (Å²) in [5, 5.41) is 2.84. The van der Waals surface area contributed by atoms with E-state index in [2.05, 4.69) is 12.2 Å². The van der Waals surface area contributed by atoms with Gasteiger partial charge >= 0.3 is 0 Å². The minimum absolute atomic E-state index is 0.0922. The first-order valence-corrected chi connectivity index (χ1v) is 10.7. The first-order chi connectivity index (χ1) is 13.8. The number of nitrogens with zero attached hydrogens (tertiary/aromatic N) is 2. The number of ether oxygens (including phenoxy) is 1. The van der Waals surface area contributed by atoms with Gasteiger partial charge in [0.2, 0.25) is 17.0 Å². The fourth-order valence-electron chi connectivity index (χ4n) is 3.17. The number of nitrogens with two attached hydrogens (primary N) is 2. The van der Waals surface area contributed by atoms with Crippen LogP contribution in [0.15, 0.2) is 35.7 Å². The number of amides is 1. The topological polar surface area (TPSA) is 134 Å². The second kappa shape index (κ2) is 9.12. The van der Waals surface area contributed by atoms with Gasteiger partial charge in [-0.1, -0.05) is 13.0 Å². The van der Waals surface area contributed by atoms with Crippen LogP contribution >= 0.6 is 0 Å². The lowest BCUT2D eigenvalue weighted by molar-refractivity contribution is -0.116. The molecule has 1 heterocycles. The average Bonchev–Trinajstić information content (AvgIpc) is 3.42. The Bertz CT molecular complexity index is 804. The van der Waals surface area contributed by atoms with E-state index in [9.17, 15) is 13.6 Å². The molecule has 1 amide bonds. The molecule has 160 valence electrons. The van der Waals surface area contributed by atoms with Gasteiger partial charge in [-0.05, 0) is 31.0 Å². The lowest BCUT2D eigenvalue weighted by atomic mass is 10.1. The highest BCUT2D eigenvalue weighted by Crippen LogP contribution is 2.45. The molecule has 6 N–H and O–H groups in total. The van der Waals surface area contributed by atoms with E-state index in [1.54, 1.807) is 24.3 Å². The molecule has 2 fully saturated rings. The maximum atomic E-state index is 13.1. The number of hydrogen-bond donors (Lipinski definition) is 4. The fourth-order valence-corrected chi connectivity index (χ4v) is 3.64. The summed E-state index contributed by atoms with van der Waals surface area (Å²) in [6, 6.07) is 6.94. The van der Waals surface area contributed by atoms with Crippen molar-refractivity contribution in [2.45, 2.75) is 19.8 Å². The number of rotatable bonds is 8. The third-order valence-electron chi connectivity index (χ3n) is 5.32. The molecule has 0 radical (unpaired) electrons. The van der Waals surface area contributed by atoms with Crippen molar-refractivity contribution in [1.82, 2.24) is 9.21 Å². The zero-order valence-corrected chi connectivity index (χ0v) is 17.4. The molecule has 2 aliphatic rings. The molecule has 0 aromatic heterocycles. The zero-order valence-electron chi connectivity index (χ0n) is 16.6. The normalized spacial score (nSPS) is 20.6. The summed E-state index contributed by atoms with van der Waals surface area (Å²) in [6.07, 6.45) is 2.13. The number of hydrogen-bond acceptors (Lipinski definition) is 6. The number of nitrogens with one attached hydrogen (secondary N) is 1. The molecule has 1 aliphatic heterocycles. The number of piperazine rings is 1. The molecule has 29 heavy (non-hydrogen) atoms. The zero-order chi connectivity index (χ0) is 21.0. The van der Waals surface area contributed by atoms with Crippen molar-refractivity contribution in [3.63, 3.8) is 0 Å². The van der Waals surface area contributed by atoms with Gasteiger partial charge in [-0.25, -0.2) is 4.21 Å². The predicted molar refractivity (Wildman–Crippen MR) is 113 cm³/mol. The molecule has 0 bridgehead atoms. The van der Waals surface area contributed by atoms with Crippen LogP contribution in [-0.2, 0) is 20.8 Å². The molecule has 1 saturated heterocycles. The summed E-state index contributed by atoms with van der Waals surface area (Å²) >= 11 is -2.00. The molecule has 1 aromatic carbocycles. The highest BCUT2D eigenvalue weighted by molar-refractivity contribution is 7.76. The van der Waals surface area contributed by atoms with E-state index >= 15 is 0 Å². The van der Waals surface area contributed by atoms with Crippen LogP contribution in [0.25, 0.3) is 0 Å². The van der Waals surface area contributed by atoms with Crippen LogP contribution in [0, 0.1) is 5.41 Å². The van der Waals surface area contributed by atoms with Gasteiger partial charge in [0.1, 0.15) is 0 Å². The van der Waals surface area contributed by atoms with Crippen molar-refractivity contribution in [2.24, 2.45) is 11.1 Å². The highest BCUT2D eigenvalue weighted by Gasteiger charge is 2.39. The van der Waals surface area contributed by atoms with Gasteiger partial charge in [-0.3, -0.25) is 9.35 Å². The van der Waals surface area contributed by atoms with Crippen LogP contribution in [0.2, 0.25) is 0 Å². The minimum atomic E-state index is -2.00. The quantitative estimate of drug-likeness (QED) is 0.212. The molecule has 1 aromatic rings. The van der Waals surface area contributed by atoms with Crippen molar-refractivity contribution >= 4 is 28.5 Å². The summed E-state index contributed by atoms with van der Waals surface area (Å²) in [5.41, 5.74) is 13.6. The SMILES string of the molecule is CC1(CO/C(C(=O)Nc2cccc(N)c2)=C(/CN)N2CCN(S(=O)O)CC2)CC1. The molecule has 1 aliphatic carbocycles. The molecule has 1 atom stereocenters. The molecule has 10 heteroatoms. The van der Waals surface area contributed by atoms with Crippen molar-refractivity contribution in [2.75, 3.05) is 50.4 Å². The minimum Gasteiger partial charge on any atom is -0.486 e. The van der Waals surface area contributed by atoms with E-state index in [-0.39, 0.29) is 23.6 Å². The van der Waals surface area contributed by atoms with Gasteiger partial charge in [0.15, 0.2) is 0 Å². The van der Waals surface area contributed by atoms with Gasteiger partial charge < -0.3 is 26.4 Å². The summed E-state index contributed by atoms with van der Waals surface area (Å²) in [6.45, 7) is 4.44. The van der Waals surface area contributed by atoms with E-state index in [0.717, 1.165) is 12.8 Å². The second-order valence-corrected chi connectivity index (χ2v) is 8.78. The second-order valence-electron chi connectivity index (χ2n) is 7.81. The summed E-state index contributed by atoms with van der Waals surface area (Å²) in [5.74, 6) is -0.185. The fraction of sp³-hybridized carbons (Fsp3) is 0.526. The summed E-state index contributed by atoms with van der Waals surface area (Å²) in [4.78, 5) is 15.0. The van der Waals surface area contributed by atoms with E-state index < -0.39 is 11.3 Å². The number of carbonyl (C=O) groups is 1.